The number of aromatic carboxylic acids is 1. The van der Waals surface area contributed by atoms with Gasteiger partial charge in [-0.25, -0.2) is 4.79 Å². The number of carboxylic acid groups (broad SMARTS) is 1. The fourth-order valence-electron chi connectivity index (χ4n) is 5.01. The van der Waals surface area contributed by atoms with Crippen LogP contribution in [0.2, 0.25) is 0 Å². The van der Waals surface area contributed by atoms with E-state index in [1.54, 1.807) is 34.4 Å². The SMILES string of the molecule is O=C(O)c1ccc(OCCCN2C(=O)/C(=C/c3cc(-c4ccc5cc[nH]c5c4)cs3)SC2=S)c(CN2CCOCC2)c1. The van der Waals surface area contributed by atoms with Crippen LogP contribution in [-0.2, 0) is 16.1 Å². The molecule has 0 atom stereocenters. The van der Waals surface area contributed by atoms with E-state index in [2.05, 4.69) is 45.6 Å². The number of amides is 1. The fourth-order valence-corrected chi connectivity index (χ4v) is 7.23. The predicted molar refractivity (Wildman–Crippen MR) is 171 cm³/mol. The average Bonchev–Trinajstić information content (AvgIpc) is 3.72. The van der Waals surface area contributed by atoms with E-state index in [4.69, 9.17) is 21.7 Å². The number of morpholine rings is 1. The molecule has 1 amide bonds. The number of thiocarbonyl (C=S) groups is 1. The number of benzene rings is 2. The van der Waals surface area contributed by atoms with Gasteiger partial charge < -0.3 is 19.6 Å². The highest BCUT2D eigenvalue weighted by molar-refractivity contribution is 8.26. The number of rotatable bonds is 10. The van der Waals surface area contributed by atoms with Gasteiger partial charge in [0.1, 0.15) is 10.1 Å². The first kappa shape index (κ1) is 28.6. The van der Waals surface area contributed by atoms with Crippen LogP contribution in [0.5, 0.6) is 5.75 Å². The smallest absolute Gasteiger partial charge is 0.335 e. The monoisotopic (exact) mass is 619 g/mol. The van der Waals surface area contributed by atoms with E-state index in [9.17, 15) is 14.7 Å². The summed E-state index contributed by atoms with van der Waals surface area (Å²) in [4.78, 5) is 33.5. The molecular formula is C31H29N3O5S3. The summed E-state index contributed by atoms with van der Waals surface area (Å²) in [5.41, 5.74) is 4.39. The molecule has 0 aliphatic carbocycles. The van der Waals surface area contributed by atoms with Gasteiger partial charge in [-0.05, 0) is 70.8 Å². The van der Waals surface area contributed by atoms with Crippen LogP contribution in [0, 0.1) is 0 Å². The minimum atomic E-state index is -0.968. The first-order valence-corrected chi connectivity index (χ1v) is 15.8. The molecule has 2 aromatic carbocycles. The standard InChI is InChI=1S/C31H29N3O5S3/c35-29-28(17-25-15-24(19-41-25)21-3-2-20-6-7-32-26(20)16-21)42-31(40)34(29)8-1-11-39-27-5-4-22(30(36)37)14-23(27)18-33-9-12-38-13-10-33/h2-7,14-17,19,32H,1,8-13,18H2,(H,36,37)/b28-17-. The average molecular weight is 620 g/mol. The van der Waals surface area contributed by atoms with E-state index in [0.29, 0.717) is 54.3 Å². The van der Waals surface area contributed by atoms with Crippen molar-refractivity contribution in [1.82, 2.24) is 14.8 Å². The third kappa shape index (κ3) is 6.45. The van der Waals surface area contributed by atoms with Crippen LogP contribution in [0.25, 0.3) is 28.1 Å². The van der Waals surface area contributed by atoms with Crippen molar-refractivity contribution in [1.29, 1.82) is 0 Å². The third-order valence-corrected chi connectivity index (χ3v) is 9.50. The lowest BCUT2D eigenvalue weighted by molar-refractivity contribution is -0.122. The van der Waals surface area contributed by atoms with Crippen molar-refractivity contribution in [2.45, 2.75) is 13.0 Å². The number of thioether (sulfide) groups is 1. The Bertz CT molecular complexity index is 1670. The molecule has 8 nitrogen and oxygen atoms in total. The number of carboxylic acids is 1. The van der Waals surface area contributed by atoms with E-state index in [1.807, 2.05) is 12.3 Å². The van der Waals surface area contributed by atoms with Gasteiger partial charge in [-0.1, -0.05) is 36.1 Å². The number of H-pyrrole nitrogens is 1. The fraction of sp³-hybridized carbons (Fsp3) is 0.258. The third-order valence-electron chi connectivity index (χ3n) is 7.24. The summed E-state index contributed by atoms with van der Waals surface area (Å²) in [6.07, 6.45) is 4.44. The number of carbonyl (C=O) groups is 2. The summed E-state index contributed by atoms with van der Waals surface area (Å²) in [7, 11) is 0. The summed E-state index contributed by atoms with van der Waals surface area (Å²) < 4.78 is 12.0. The number of thiophene rings is 1. The zero-order valence-electron chi connectivity index (χ0n) is 22.7. The second kappa shape index (κ2) is 12.8. The number of nitrogens with zero attached hydrogens (tertiary/aromatic N) is 2. The number of ether oxygens (including phenoxy) is 2. The van der Waals surface area contributed by atoms with E-state index < -0.39 is 5.97 Å². The van der Waals surface area contributed by atoms with Crippen LogP contribution in [0.15, 0.2) is 65.0 Å². The molecule has 0 spiro atoms. The molecule has 2 aliphatic rings. The predicted octanol–water partition coefficient (Wildman–Crippen LogP) is 6.10. The zero-order valence-corrected chi connectivity index (χ0v) is 25.2. The Morgan fingerprint density at radius 3 is 2.81 bits per heavy atom. The van der Waals surface area contributed by atoms with Crippen molar-refractivity contribution in [3.05, 3.63) is 81.0 Å². The van der Waals surface area contributed by atoms with Crippen molar-refractivity contribution < 1.29 is 24.2 Å². The normalized spacial score (nSPS) is 17.0. The lowest BCUT2D eigenvalue weighted by Gasteiger charge is -2.27. The molecule has 2 fully saturated rings. The Kier molecular flexibility index (Phi) is 8.73. The van der Waals surface area contributed by atoms with E-state index in [-0.39, 0.29) is 11.5 Å². The Morgan fingerprint density at radius 2 is 1.98 bits per heavy atom. The lowest BCUT2D eigenvalue weighted by Crippen LogP contribution is -2.35. The van der Waals surface area contributed by atoms with Gasteiger partial charge >= 0.3 is 5.97 Å². The molecule has 4 aromatic rings. The molecule has 2 aromatic heterocycles. The van der Waals surface area contributed by atoms with E-state index in [0.717, 1.165) is 40.2 Å². The van der Waals surface area contributed by atoms with Crippen molar-refractivity contribution in [2.24, 2.45) is 0 Å². The second-order valence-electron chi connectivity index (χ2n) is 10.1. The molecule has 42 heavy (non-hydrogen) atoms. The molecule has 0 unspecified atom stereocenters. The largest absolute Gasteiger partial charge is 0.493 e. The van der Waals surface area contributed by atoms with Gasteiger partial charge in [0, 0.05) is 48.3 Å². The minimum absolute atomic E-state index is 0.0911. The Balaban J connectivity index is 1.06. The zero-order chi connectivity index (χ0) is 29.1. The molecule has 0 bridgehead atoms. The number of fused-ring (bicyclic) bond motifs is 1. The second-order valence-corrected chi connectivity index (χ2v) is 12.7. The Labute approximate surface area is 256 Å². The molecule has 0 radical (unpaired) electrons. The van der Waals surface area contributed by atoms with Crippen molar-refractivity contribution in [2.75, 3.05) is 39.5 Å². The highest BCUT2D eigenvalue weighted by Gasteiger charge is 2.31. The number of aromatic nitrogens is 1. The number of hydrogen-bond acceptors (Lipinski definition) is 8. The molecule has 6 rings (SSSR count). The van der Waals surface area contributed by atoms with Gasteiger partial charge in [0.15, 0.2) is 0 Å². The first-order valence-electron chi connectivity index (χ1n) is 13.7. The summed E-state index contributed by atoms with van der Waals surface area (Å²) >= 11 is 8.46. The molecule has 216 valence electrons. The number of aromatic amines is 1. The summed E-state index contributed by atoms with van der Waals surface area (Å²) in [5.74, 6) is -0.406. The molecule has 2 N–H and O–H groups in total. The first-order chi connectivity index (χ1) is 20.4. The van der Waals surface area contributed by atoms with E-state index in [1.165, 1.54) is 17.1 Å². The molecule has 2 saturated heterocycles. The summed E-state index contributed by atoms with van der Waals surface area (Å²) in [6.45, 7) is 4.29. The van der Waals surface area contributed by atoms with Crippen LogP contribution in [0.3, 0.4) is 0 Å². The van der Waals surface area contributed by atoms with Crippen molar-refractivity contribution in [3.63, 3.8) is 0 Å². The molecule has 2 aliphatic heterocycles. The molecule has 0 saturated carbocycles. The van der Waals surface area contributed by atoms with Gasteiger partial charge in [0.25, 0.3) is 5.91 Å². The van der Waals surface area contributed by atoms with Crippen LogP contribution in [-0.4, -0.2) is 75.5 Å². The van der Waals surface area contributed by atoms with E-state index >= 15 is 0 Å². The highest BCUT2D eigenvalue weighted by Crippen LogP contribution is 2.35. The maximum Gasteiger partial charge on any atom is 0.335 e. The summed E-state index contributed by atoms with van der Waals surface area (Å²) in [6, 6.07) is 15.4. The van der Waals surface area contributed by atoms with Crippen LogP contribution in [0.1, 0.15) is 27.2 Å². The number of hydrogen-bond donors (Lipinski definition) is 2. The van der Waals surface area contributed by atoms with Crippen molar-refractivity contribution in [3.8, 4) is 16.9 Å². The topological polar surface area (TPSA) is 95.1 Å². The van der Waals surface area contributed by atoms with Crippen LogP contribution >= 0.6 is 35.3 Å². The minimum Gasteiger partial charge on any atom is -0.493 e. The number of carbonyl (C=O) groups excluding carboxylic acids is 1. The van der Waals surface area contributed by atoms with Crippen molar-refractivity contribution >= 4 is 68.5 Å². The van der Waals surface area contributed by atoms with Gasteiger partial charge in [0.2, 0.25) is 0 Å². The van der Waals surface area contributed by atoms with Gasteiger partial charge in [-0.15, -0.1) is 11.3 Å². The van der Waals surface area contributed by atoms with Crippen LogP contribution < -0.4 is 4.74 Å². The quantitative estimate of drug-likeness (QED) is 0.125. The lowest BCUT2D eigenvalue weighted by atomic mass is 10.1. The maximum atomic E-state index is 13.2. The highest BCUT2D eigenvalue weighted by atomic mass is 32.2. The van der Waals surface area contributed by atoms with Gasteiger partial charge in [-0.2, -0.15) is 0 Å². The number of nitrogens with one attached hydrogen (secondary N) is 1. The van der Waals surface area contributed by atoms with Gasteiger partial charge in [0.05, 0.1) is 30.3 Å². The summed E-state index contributed by atoms with van der Waals surface area (Å²) in [5, 5.41) is 12.7. The van der Waals surface area contributed by atoms with Gasteiger partial charge in [-0.3, -0.25) is 14.6 Å². The maximum absolute atomic E-state index is 13.2. The molecule has 11 heteroatoms. The Hall–Kier alpha value is -3.48. The van der Waals surface area contributed by atoms with Crippen LogP contribution in [0.4, 0.5) is 0 Å². The molecule has 4 heterocycles. The Morgan fingerprint density at radius 1 is 1.12 bits per heavy atom. The molecular weight excluding hydrogens is 591 g/mol.